The lowest BCUT2D eigenvalue weighted by atomic mass is 9.89. The summed E-state index contributed by atoms with van der Waals surface area (Å²) in [7, 11) is 0. The Bertz CT molecular complexity index is 400. The molecule has 1 N–H and O–H groups in total. The van der Waals surface area contributed by atoms with Crippen LogP contribution in [0.2, 0.25) is 0 Å². The van der Waals surface area contributed by atoms with Gasteiger partial charge in [0.15, 0.2) is 5.13 Å². The fourth-order valence-corrected chi connectivity index (χ4v) is 3.17. The number of carbonyl (C=O) groups is 1. The van der Waals surface area contributed by atoms with Crippen molar-refractivity contribution in [2.24, 2.45) is 5.92 Å². The van der Waals surface area contributed by atoms with Crippen molar-refractivity contribution >= 4 is 22.4 Å². The van der Waals surface area contributed by atoms with Crippen LogP contribution in [0.25, 0.3) is 0 Å². The maximum absolute atomic E-state index is 11.3. The van der Waals surface area contributed by atoms with Gasteiger partial charge in [-0.05, 0) is 25.7 Å². The molecule has 0 spiro atoms. The van der Waals surface area contributed by atoms with Crippen molar-refractivity contribution in [3.05, 3.63) is 11.1 Å². The van der Waals surface area contributed by atoms with Gasteiger partial charge in [-0.3, -0.25) is 4.79 Å². The number of hydrogen-bond acceptors (Lipinski definition) is 5. The molecule has 1 aromatic heterocycles. The Morgan fingerprint density at radius 1 is 1.47 bits per heavy atom. The maximum atomic E-state index is 11.3. The molecule has 1 aliphatic rings. The van der Waals surface area contributed by atoms with Gasteiger partial charge in [0.05, 0.1) is 18.7 Å². The normalized spacial score (nSPS) is 16.3. The largest absolute Gasteiger partial charge is 0.466 e. The first kappa shape index (κ1) is 14.3. The second-order valence-electron chi connectivity index (χ2n) is 5.01. The molecule has 1 fully saturated rings. The average molecular weight is 282 g/mol. The summed E-state index contributed by atoms with van der Waals surface area (Å²) in [6.07, 6.45) is 7.03. The van der Waals surface area contributed by atoms with Gasteiger partial charge >= 0.3 is 5.97 Å². The molecule has 0 saturated heterocycles. The number of carbonyl (C=O) groups excluding carboxylic acids is 1. The number of nitrogens with one attached hydrogen (secondary N) is 1. The summed E-state index contributed by atoms with van der Waals surface area (Å²) >= 11 is 1.57. The van der Waals surface area contributed by atoms with Crippen molar-refractivity contribution in [1.82, 2.24) is 4.98 Å². The molecule has 0 bridgehead atoms. The standard InChI is InChI=1S/C14H22N2O2S/c1-2-18-13(17)8-12-10-19-14(16-12)15-9-11-6-4-3-5-7-11/h10-11H,2-9H2,1H3,(H,15,16). The van der Waals surface area contributed by atoms with Crippen LogP contribution in [0.3, 0.4) is 0 Å². The zero-order valence-corrected chi connectivity index (χ0v) is 12.3. The first-order valence-electron chi connectivity index (χ1n) is 7.12. The van der Waals surface area contributed by atoms with E-state index in [0.717, 1.165) is 23.3 Å². The van der Waals surface area contributed by atoms with Gasteiger partial charge in [0, 0.05) is 11.9 Å². The van der Waals surface area contributed by atoms with Gasteiger partial charge in [-0.1, -0.05) is 19.3 Å². The van der Waals surface area contributed by atoms with Crippen molar-refractivity contribution in [2.45, 2.75) is 45.4 Å². The van der Waals surface area contributed by atoms with E-state index in [0.29, 0.717) is 6.61 Å². The third-order valence-electron chi connectivity index (χ3n) is 3.45. The number of hydrogen-bond donors (Lipinski definition) is 1. The van der Waals surface area contributed by atoms with Crippen molar-refractivity contribution < 1.29 is 9.53 Å². The van der Waals surface area contributed by atoms with Gasteiger partial charge in [0.1, 0.15) is 0 Å². The van der Waals surface area contributed by atoms with Crippen LogP contribution in [0.1, 0.15) is 44.7 Å². The molecule has 0 radical (unpaired) electrons. The van der Waals surface area contributed by atoms with Gasteiger partial charge in [-0.15, -0.1) is 11.3 Å². The lowest BCUT2D eigenvalue weighted by molar-refractivity contribution is -0.142. The van der Waals surface area contributed by atoms with Gasteiger partial charge in [0.2, 0.25) is 0 Å². The van der Waals surface area contributed by atoms with E-state index in [4.69, 9.17) is 4.74 Å². The second kappa shape index (κ2) is 7.48. The minimum atomic E-state index is -0.202. The third-order valence-corrected chi connectivity index (χ3v) is 4.30. The molecule has 1 saturated carbocycles. The monoisotopic (exact) mass is 282 g/mol. The molecular weight excluding hydrogens is 260 g/mol. The van der Waals surface area contributed by atoms with Crippen LogP contribution < -0.4 is 5.32 Å². The number of aromatic nitrogens is 1. The maximum Gasteiger partial charge on any atom is 0.311 e. The minimum Gasteiger partial charge on any atom is -0.466 e. The molecule has 4 nitrogen and oxygen atoms in total. The van der Waals surface area contributed by atoms with E-state index in [1.54, 1.807) is 11.3 Å². The van der Waals surface area contributed by atoms with Crippen molar-refractivity contribution in [3.8, 4) is 0 Å². The van der Waals surface area contributed by atoms with Gasteiger partial charge in [-0.25, -0.2) is 4.98 Å². The van der Waals surface area contributed by atoms with E-state index in [9.17, 15) is 4.79 Å². The highest BCUT2D eigenvalue weighted by Gasteiger charge is 2.14. The minimum absolute atomic E-state index is 0.202. The predicted octanol–water partition coefficient (Wildman–Crippen LogP) is 3.24. The molecular formula is C14H22N2O2S. The fourth-order valence-electron chi connectivity index (χ4n) is 2.45. The highest BCUT2D eigenvalue weighted by Crippen LogP contribution is 2.24. The van der Waals surface area contributed by atoms with E-state index >= 15 is 0 Å². The average Bonchev–Trinajstić information content (AvgIpc) is 2.85. The van der Waals surface area contributed by atoms with E-state index in [-0.39, 0.29) is 12.4 Å². The Morgan fingerprint density at radius 3 is 3.00 bits per heavy atom. The second-order valence-corrected chi connectivity index (χ2v) is 5.87. The van der Waals surface area contributed by atoms with Crippen LogP contribution in [-0.4, -0.2) is 24.1 Å². The van der Waals surface area contributed by atoms with Crippen LogP contribution in [-0.2, 0) is 16.0 Å². The summed E-state index contributed by atoms with van der Waals surface area (Å²) in [4.78, 5) is 15.8. The van der Waals surface area contributed by atoms with Crippen LogP contribution in [0.4, 0.5) is 5.13 Å². The number of nitrogens with zero attached hydrogens (tertiary/aromatic N) is 1. The summed E-state index contributed by atoms with van der Waals surface area (Å²) in [5, 5.41) is 6.25. The first-order chi connectivity index (χ1) is 9.28. The van der Waals surface area contributed by atoms with Crippen LogP contribution in [0, 0.1) is 5.92 Å². The van der Waals surface area contributed by atoms with Gasteiger partial charge in [0.25, 0.3) is 0 Å². The highest BCUT2D eigenvalue weighted by atomic mass is 32.1. The molecule has 1 heterocycles. The quantitative estimate of drug-likeness (QED) is 0.814. The van der Waals surface area contributed by atoms with Gasteiger partial charge in [-0.2, -0.15) is 0 Å². The number of anilines is 1. The molecule has 5 heteroatoms. The summed E-state index contributed by atoms with van der Waals surface area (Å²) in [5.41, 5.74) is 0.801. The van der Waals surface area contributed by atoms with E-state index < -0.39 is 0 Å². The Morgan fingerprint density at radius 2 is 2.26 bits per heavy atom. The number of esters is 1. The zero-order valence-electron chi connectivity index (χ0n) is 11.5. The van der Waals surface area contributed by atoms with E-state index in [1.165, 1.54) is 32.1 Å². The Balaban J connectivity index is 1.75. The number of thiazole rings is 1. The van der Waals surface area contributed by atoms with Crippen molar-refractivity contribution in [2.75, 3.05) is 18.5 Å². The molecule has 0 atom stereocenters. The SMILES string of the molecule is CCOC(=O)Cc1csc(NCC2CCCCC2)n1. The fraction of sp³-hybridized carbons (Fsp3) is 0.714. The first-order valence-corrected chi connectivity index (χ1v) is 7.99. The molecule has 1 aliphatic carbocycles. The summed E-state index contributed by atoms with van der Waals surface area (Å²) in [6.45, 7) is 3.25. The Hall–Kier alpha value is -1.10. The Labute approximate surface area is 118 Å². The van der Waals surface area contributed by atoms with Crippen molar-refractivity contribution in [1.29, 1.82) is 0 Å². The Kier molecular flexibility index (Phi) is 5.63. The zero-order chi connectivity index (χ0) is 13.5. The molecule has 0 amide bonds. The van der Waals surface area contributed by atoms with Crippen LogP contribution in [0.15, 0.2) is 5.38 Å². The van der Waals surface area contributed by atoms with Crippen LogP contribution >= 0.6 is 11.3 Å². The topological polar surface area (TPSA) is 51.2 Å². The molecule has 0 aliphatic heterocycles. The molecule has 0 unspecified atom stereocenters. The highest BCUT2D eigenvalue weighted by molar-refractivity contribution is 7.13. The molecule has 1 aromatic rings. The smallest absolute Gasteiger partial charge is 0.311 e. The lowest BCUT2D eigenvalue weighted by Crippen LogP contribution is -2.17. The van der Waals surface area contributed by atoms with E-state index in [1.807, 2.05) is 12.3 Å². The number of rotatable bonds is 6. The lowest BCUT2D eigenvalue weighted by Gasteiger charge is -2.21. The molecule has 19 heavy (non-hydrogen) atoms. The van der Waals surface area contributed by atoms with Gasteiger partial charge < -0.3 is 10.1 Å². The van der Waals surface area contributed by atoms with E-state index in [2.05, 4.69) is 10.3 Å². The van der Waals surface area contributed by atoms with Crippen LogP contribution in [0.5, 0.6) is 0 Å². The molecule has 0 aromatic carbocycles. The summed E-state index contributed by atoms with van der Waals surface area (Å²) in [6, 6.07) is 0. The third kappa shape index (κ3) is 4.82. The summed E-state index contributed by atoms with van der Waals surface area (Å²) in [5.74, 6) is 0.581. The molecule has 106 valence electrons. The van der Waals surface area contributed by atoms with Crippen molar-refractivity contribution in [3.63, 3.8) is 0 Å². The molecule has 2 rings (SSSR count). The predicted molar refractivity (Wildman–Crippen MR) is 77.5 cm³/mol. The number of ether oxygens (including phenoxy) is 1. The summed E-state index contributed by atoms with van der Waals surface area (Å²) < 4.78 is 4.92.